The number of benzene rings is 4. The van der Waals surface area contributed by atoms with Crippen molar-refractivity contribution in [2.75, 3.05) is 14.1 Å². The summed E-state index contributed by atoms with van der Waals surface area (Å²) in [6.07, 6.45) is 32.8. The number of nitrogens with one attached hydrogen (secondary N) is 3. The van der Waals surface area contributed by atoms with Crippen LogP contribution in [0.2, 0.25) is 0 Å². The number of fused-ring (bicyclic) bond motifs is 3. The van der Waals surface area contributed by atoms with Gasteiger partial charge in [-0.15, -0.1) is 11.3 Å². The van der Waals surface area contributed by atoms with Crippen molar-refractivity contribution in [1.82, 2.24) is 16.2 Å². The third-order valence-corrected chi connectivity index (χ3v) is 12.2. The minimum Gasteiger partial charge on any atom is -0.391 e. The summed E-state index contributed by atoms with van der Waals surface area (Å²) in [6.45, 7) is 4.35. The Labute approximate surface area is 355 Å². The molecule has 59 heavy (non-hydrogen) atoms. The molecule has 3 N–H and O–H groups in total. The Bertz CT molecular complexity index is 2500. The van der Waals surface area contributed by atoms with Crippen LogP contribution in [-0.4, -0.2) is 19.9 Å². The van der Waals surface area contributed by atoms with E-state index in [-0.39, 0.29) is 0 Å². The zero-order valence-corrected chi connectivity index (χ0v) is 35.9. The Balaban J connectivity index is 0.000000161. The van der Waals surface area contributed by atoms with Crippen LogP contribution in [0.15, 0.2) is 191 Å². The van der Waals surface area contributed by atoms with Crippen molar-refractivity contribution in [3.05, 3.63) is 209 Å². The van der Waals surface area contributed by atoms with Crippen LogP contribution < -0.4 is 16.2 Å². The first-order valence-corrected chi connectivity index (χ1v) is 22.0. The molecular formula is C54H58N4S. The molecular weight excluding hydrogens is 737 g/mol. The van der Waals surface area contributed by atoms with Gasteiger partial charge in [0.15, 0.2) is 0 Å². The fourth-order valence-corrected chi connectivity index (χ4v) is 8.93. The van der Waals surface area contributed by atoms with Gasteiger partial charge in [-0.3, -0.25) is 0 Å². The van der Waals surface area contributed by atoms with E-state index in [4.69, 9.17) is 4.99 Å². The molecule has 1 heterocycles. The van der Waals surface area contributed by atoms with Crippen molar-refractivity contribution in [3.63, 3.8) is 0 Å². The van der Waals surface area contributed by atoms with Gasteiger partial charge >= 0.3 is 0 Å². The van der Waals surface area contributed by atoms with Crippen LogP contribution in [-0.2, 0) is 6.42 Å². The maximum Gasteiger partial charge on any atom is 0.148 e. The van der Waals surface area contributed by atoms with E-state index in [1.807, 2.05) is 43.6 Å². The Morgan fingerprint density at radius 3 is 2.32 bits per heavy atom. The topological polar surface area (TPSA) is 48.5 Å². The largest absolute Gasteiger partial charge is 0.391 e. The van der Waals surface area contributed by atoms with Gasteiger partial charge in [-0.2, -0.15) is 0 Å². The quantitative estimate of drug-likeness (QED) is 0.0833. The summed E-state index contributed by atoms with van der Waals surface area (Å²) in [5, 5.41) is 6.07. The van der Waals surface area contributed by atoms with Crippen LogP contribution in [0, 0.1) is 18.8 Å². The van der Waals surface area contributed by atoms with Gasteiger partial charge in [0.05, 0.1) is 5.70 Å². The van der Waals surface area contributed by atoms with Gasteiger partial charge in [0.2, 0.25) is 0 Å². The number of aliphatic imine (C=N–C) groups is 1. The molecule has 0 fully saturated rings. The maximum absolute atomic E-state index is 4.93. The summed E-state index contributed by atoms with van der Waals surface area (Å²) in [5.74, 6) is 1.98. The van der Waals surface area contributed by atoms with Gasteiger partial charge < -0.3 is 10.7 Å². The van der Waals surface area contributed by atoms with E-state index in [2.05, 4.69) is 176 Å². The Kier molecular flexibility index (Phi) is 14.6. The van der Waals surface area contributed by atoms with Crippen LogP contribution in [0.3, 0.4) is 0 Å². The Morgan fingerprint density at radius 1 is 0.746 bits per heavy atom. The lowest BCUT2D eigenvalue weighted by atomic mass is 9.88. The van der Waals surface area contributed by atoms with Crippen molar-refractivity contribution >= 4 is 42.9 Å². The zero-order valence-electron chi connectivity index (χ0n) is 35.0. The number of hydrogen-bond acceptors (Lipinski definition) is 4. The third-order valence-electron chi connectivity index (χ3n) is 11.1. The number of allylic oxidation sites excluding steroid dienone is 15. The highest BCUT2D eigenvalue weighted by Crippen LogP contribution is 2.35. The first-order valence-electron chi connectivity index (χ1n) is 21.2. The second-order valence-electron chi connectivity index (χ2n) is 15.7. The molecule has 4 nitrogen and oxygen atoms in total. The van der Waals surface area contributed by atoms with Crippen LogP contribution >= 0.6 is 11.3 Å². The number of rotatable bonds is 8. The molecule has 0 bridgehead atoms. The van der Waals surface area contributed by atoms with E-state index in [1.54, 1.807) is 0 Å². The van der Waals surface area contributed by atoms with Crippen molar-refractivity contribution in [2.24, 2.45) is 16.8 Å². The fourth-order valence-electron chi connectivity index (χ4n) is 7.76. The predicted molar refractivity (Wildman–Crippen MR) is 257 cm³/mol. The molecule has 5 aromatic rings. The van der Waals surface area contributed by atoms with Gasteiger partial charge in [-0.1, -0.05) is 146 Å². The fraction of sp³-hybridized carbons (Fsp3) is 0.241. The number of amidine groups is 1. The molecule has 4 aliphatic carbocycles. The molecule has 2 unspecified atom stereocenters. The summed E-state index contributed by atoms with van der Waals surface area (Å²) < 4.78 is 2.79. The Morgan fingerprint density at radius 2 is 1.59 bits per heavy atom. The third kappa shape index (κ3) is 11.5. The van der Waals surface area contributed by atoms with Crippen LogP contribution in [0.25, 0.3) is 25.7 Å². The summed E-state index contributed by atoms with van der Waals surface area (Å²) in [5.41, 5.74) is 17.7. The number of hydrogen-bond donors (Lipinski definition) is 3. The minimum absolute atomic E-state index is 0.464. The van der Waals surface area contributed by atoms with Gasteiger partial charge in [0.1, 0.15) is 5.84 Å². The molecule has 0 radical (unpaired) electrons. The van der Waals surface area contributed by atoms with E-state index in [9.17, 15) is 0 Å². The molecule has 0 amide bonds. The molecule has 300 valence electrons. The molecule has 5 heteroatoms. The lowest BCUT2D eigenvalue weighted by Gasteiger charge is -2.19. The average Bonchev–Trinajstić information content (AvgIpc) is 3.66. The lowest BCUT2D eigenvalue weighted by Crippen LogP contribution is -2.35. The van der Waals surface area contributed by atoms with Gasteiger partial charge in [-0.05, 0) is 116 Å². The molecule has 1 aromatic heterocycles. The van der Waals surface area contributed by atoms with Gasteiger partial charge in [0, 0.05) is 51.4 Å². The predicted octanol–water partition coefficient (Wildman–Crippen LogP) is 13.3. The molecule has 4 aromatic carbocycles. The minimum atomic E-state index is 0.464. The van der Waals surface area contributed by atoms with Gasteiger partial charge in [-0.25, -0.2) is 10.4 Å². The molecule has 0 saturated carbocycles. The van der Waals surface area contributed by atoms with Crippen molar-refractivity contribution in [3.8, 4) is 0 Å². The van der Waals surface area contributed by atoms with Crippen LogP contribution in [0.5, 0.6) is 0 Å². The zero-order chi connectivity index (χ0) is 40.8. The van der Waals surface area contributed by atoms with E-state index in [1.165, 1.54) is 65.7 Å². The number of hydrazine groups is 1. The first-order chi connectivity index (χ1) is 28.9. The highest BCUT2D eigenvalue weighted by molar-refractivity contribution is 7.25. The van der Waals surface area contributed by atoms with E-state index in [0.717, 1.165) is 55.6 Å². The Hall–Kier alpha value is -5.75. The summed E-state index contributed by atoms with van der Waals surface area (Å²) in [6, 6.07) is 34.5. The normalized spacial score (nSPS) is 18.6. The summed E-state index contributed by atoms with van der Waals surface area (Å²) in [4.78, 5) is 4.93. The van der Waals surface area contributed by atoms with E-state index < -0.39 is 0 Å². The number of aryl methyl sites for hydroxylation is 1. The lowest BCUT2D eigenvalue weighted by molar-refractivity contribution is 0.728. The second-order valence-corrected chi connectivity index (χ2v) is 16.7. The first kappa shape index (κ1) is 41.4. The van der Waals surface area contributed by atoms with Crippen molar-refractivity contribution < 1.29 is 0 Å². The standard InChI is InChI=1S/C27H32N4.C20H18S.C7H8/c1-28-26-13-7-11-23(19-26)22-10-6-12-24(18-22)27(31-29-2)30-25-16-14-21(15-17-25)20-8-4-3-5-9-20;1-14-6-8-15(9-7-14)12-16-10-11-18-17-4-2-3-5-19(17)21-20(18)13-16;1-7-5-3-2-4-6-7/h4,6,8-12,14,16-19,21,28-29H,3,5,7,13,15H2,1-2H3,(H,30,31);2-6,8-11,13-14H,7,12H2,1H3;2-6H,1H3. The molecule has 0 saturated heterocycles. The molecule has 2 atom stereocenters. The highest BCUT2D eigenvalue weighted by Gasteiger charge is 2.15. The highest BCUT2D eigenvalue weighted by atomic mass is 32.1. The average molecular weight is 795 g/mol. The summed E-state index contributed by atoms with van der Waals surface area (Å²) >= 11 is 1.90. The molecule has 9 rings (SSSR count). The van der Waals surface area contributed by atoms with Gasteiger partial charge in [0.25, 0.3) is 0 Å². The van der Waals surface area contributed by atoms with E-state index >= 15 is 0 Å². The number of nitrogens with zero attached hydrogens (tertiary/aromatic N) is 1. The molecule has 4 aliphatic rings. The second kappa shape index (κ2) is 20.8. The molecule has 0 aliphatic heterocycles. The van der Waals surface area contributed by atoms with Crippen molar-refractivity contribution in [1.29, 1.82) is 0 Å². The maximum atomic E-state index is 4.93. The van der Waals surface area contributed by atoms with Crippen molar-refractivity contribution in [2.45, 2.75) is 58.8 Å². The number of thiophene rings is 1. The monoisotopic (exact) mass is 794 g/mol. The molecule has 0 spiro atoms. The van der Waals surface area contributed by atoms with E-state index in [0.29, 0.717) is 11.8 Å². The van der Waals surface area contributed by atoms with Crippen LogP contribution in [0.4, 0.5) is 0 Å². The summed E-state index contributed by atoms with van der Waals surface area (Å²) in [7, 11) is 3.86. The van der Waals surface area contributed by atoms with Crippen LogP contribution in [0.1, 0.15) is 67.7 Å². The smallest absolute Gasteiger partial charge is 0.148 e. The SMILES string of the molecule is CC1C=CC(Cc2ccc3c(c2)sc2ccccc23)=CC1.CNNC(=NC1=CCC(C2=CCCC=C2)C=C1)c1cccc(C2=CCCC(NC)=C2)c1.Cc1ccccc1.